The highest BCUT2D eigenvalue weighted by molar-refractivity contribution is 7.17. The number of aromatic amines is 1. The third kappa shape index (κ3) is 2.89. The zero-order valence-corrected chi connectivity index (χ0v) is 13.6. The minimum atomic E-state index is -0.102. The molecule has 0 radical (unpaired) electrons. The van der Waals surface area contributed by atoms with Gasteiger partial charge in [-0.05, 0) is 17.7 Å². The molecule has 0 spiro atoms. The largest absolute Gasteiger partial charge is 0.468 e. The molecule has 0 bridgehead atoms. The minimum absolute atomic E-state index is 0.102. The van der Waals surface area contributed by atoms with Crippen LogP contribution in [0.2, 0.25) is 0 Å². The molecule has 1 aromatic carbocycles. The van der Waals surface area contributed by atoms with Gasteiger partial charge in [-0.15, -0.1) is 11.3 Å². The molecular formula is C18H15N3O2S. The fourth-order valence-electron chi connectivity index (χ4n) is 2.62. The highest BCUT2D eigenvalue weighted by Gasteiger charge is 2.12. The van der Waals surface area contributed by atoms with Crippen molar-refractivity contribution < 1.29 is 4.42 Å². The first kappa shape index (κ1) is 14.9. The van der Waals surface area contributed by atoms with Crippen LogP contribution in [0.15, 0.2) is 63.3 Å². The number of hydrogen-bond acceptors (Lipinski definition) is 5. The minimum Gasteiger partial charge on any atom is -0.468 e. The van der Waals surface area contributed by atoms with Gasteiger partial charge in [-0.2, -0.15) is 0 Å². The lowest BCUT2D eigenvalue weighted by atomic mass is 10.1. The molecule has 3 heterocycles. The van der Waals surface area contributed by atoms with Crippen LogP contribution in [-0.4, -0.2) is 9.97 Å². The average molecular weight is 337 g/mol. The van der Waals surface area contributed by atoms with Gasteiger partial charge < -0.3 is 14.7 Å². The molecule has 2 N–H and O–H groups in total. The van der Waals surface area contributed by atoms with Crippen molar-refractivity contribution in [2.75, 3.05) is 0 Å². The summed E-state index contributed by atoms with van der Waals surface area (Å²) in [7, 11) is 0. The van der Waals surface area contributed by atoms with Crippen molar-refractivity contribution in [1.82, 2.24) is 15.3 Å². The summed E-state index contributed by atoms with van der Waals surface area (Å²) in [6.07, 6.45) is 1.64. The number of aromatic nitrogens is 2. The molecule has 0 aliphatic heterocycles. The summed E-state index contributed by atoms with van der Waals surface area (Å²) in [5.74, 6) is 1.47. The highest BCUT2D eigenvalue weighted by Crippen LogP contribution is 2.30. The second-order valence-corrected chi connectivity index (χ2v) is 6.25. The SMILES string of the molecule is O=c1[nH]c(CNCc2ccco2)nc2scc(-c3ccccc3)c12. The van der Waals surface area contributed by atoms with Crippen molar-refractivity contribution in [2.45, 2.75) is 13.1 Å². The first-order chi connectivity index (χ1) is 11.8. The van der Waals surface area contributed by atoms with E-state index in [-0.39, 0.29) is 5.56 Å². The molecular weight excluding hydrogens is 322 g/mol. The van der Waals surface area contributed by atoms with Gasteiger partial charge in [0, 0.05) is 10.9 Å². The van der Waals surface area contributed by atoms with Gasteiger partial charge in [-0.1, -0.05) is 30.3 Å². The van der Waals surface area contributed by atoms with Crippen LogP contribution in [-0.2, 0) is 13.1 Å². The first-order valence-electron chi connectivity index (χ1n) is 7.60. The second-order valence-electron chi connectivity index (χ2n) is 5.39. The maximum atomic E-state index is 12.5. The fourth-order valence-corrected chi connectivity index (χ4v) is 3.59. The van der Waals surface area contributed by atoms with Crippen molar-refractivity contribution in [3.63, 3.8) is 0 Å². The Morgan fingerprint density at radius 1 is 1.12 bits per heavy atom. The Labute approximate surface area is 142 Å². The molecule has 0 amide bonds. The van der Waals surface area contributed by atoms with E-state index in [9.17, 15) is 4.79 Å². The van der Waals surface area contributed by atoms with Gasteiger partial charge in [-0.3, -0.25) is 4.79 Å². The van der Waals surface area contributed by atoms with Crippen LogP contribution < -0.4 is 10.9 Å². The number of H-pyrrole nitrogens is 1. The summed E-state index contributed by atoms with van der Waals surface area (Å²) in [5.41, 5.74) is 1.86. The van der Waals surface area contributed by atoms with Crippen LogP contribution in [0.1, 0.15) is 11.6 Å². The molecule has 24 heavy (non-hydrogen) atoms. The number of rotatable bonds is 5. The fraction of sp³-hybridized carbons (Fsp3) is 0.111. The molecule has 0 fully saturated rings. The molecule has 3 aromatic heterocycles. The van der Waals surface area contributed by atoms with Gasteiger partial charge >= 0.3 is 0 Å². The highest BCUT2D eigenvalue weighted by atomic mass is 32.1. The number of thiophene rings is 1. The van der Waals surface area contributed by atoms with E-state index in [0.717, 1.165) is 21.7 Å². The standard InChI is InChI=1S/C18H15N3O2S/c22-17-16-14(12-5-2-1-3-6-12)11-24-18(16)21-15(20-17)10-19-9-13-7-4-8-23-13/h1-8,11,19H,9-10H2,(H,20,21,22). The summed E-state index contributed by atoms with van der Waals surface area (Å²) in [5, 5.41) is 5.85. The predicted molar refractivity (Wildman–Crippen MR) is 94.9 cm³/mol. The summed E-state index contributed by atoms with van der Waals surface area (Å²) < 4.78 is 5.26. The van der Waals surface area contributed by atoms with Crippen molar-refractivity contribution >= 4 is 21.6 Å². The smallest absolute Gasteiger partial charge is 0.260 e. The lowest BCUT2D eigenvalue weighted by Crippen LogP contribution is -2.18. The number of hydrogen-bond donors (Lipinski definition) is 2. The number of nitrogens with one attached hydrogen (secondary N) is 2. The monoisotopic (exact) mass is 337 g/mol. The Hall–Kier alpha value is -2.70. The van der Waals surface area contributed by atoms with Gasteiger partial charge in [-0.25, -0.2) is 4.98 Å². The topological polar surface area (TPSA) is 70.9 Å². The molecule has 0 saturated carbocycles. The van der Waals surface area contributed by atoms with Crippen molar-refractivity contribution in [3.05, 3.63) is 76.0 Å². The Balaban J connectivity index is 1.60. The van der Waals surface area contributed by atoms with E-state index >= 15 is 0 Å². The molecule has 0 saturated heterocycles. The second kappa shape index (κ2) is 6.43. The van der Waals surface area contributed by atoms with Gasteiger partial charge in [0.2, 0.25) is 0 Å². The summed E-state index contributed by atoms with van der Waals surface area (Å²) in [4.78, 5) is 20.7. The Bertz CT molecular complexity index is 1000. The summed E-state index contributed by atoms with van der Waals surface area (Å²) in [6, 6.07) is 13.6. The number of benzene rings is 1. The van der Waals surface area contributed by atoms with Gasteiger partial charge in [0.1, 0.15) is 16.4 Å². The average Bonchev–Trinajstić information content (AvgIpc) is 3.25. The molecule has 0 aliphatic rings. The summed E-state index contributed by atoms with van der Waals surface area (Å²) >= 11 is 1.49. The van der Waals surface area contributed by atoms with Crippen LogP contribution >= 0.6 is 11.3 Å². The maximum absolute atomic E-state index is 12.5. The van der Waals surface area contributed by atoms with E-state index < -0.39 is 0 Å². The van der Waals surface area contributed by atoms with Crippen molar-refractivity contribution in [3.8, 4) is 11.1 Å². The molecule has 6 heteroatoms. The lowest BCUT2D eigenvalue weighted by molar-refractivity contribution is 0.480. The van der Waals surface area contributed by atoms with Crippen LogP contribution in [0, 0.1) is 0 Å². The Kier molecular flexibility index (Phi) is 3.98. The predicted octanol–water partition coefficient (Wildman–Crippen LogP) is 3.53. The van der Waals surface area contributed by atoms with Crippen molar-refractivity contribution in [1.29, 1.82) is 0 Å². The van der Waals surface area contributed by atoms with E-state index in [1.165, 1.54) is 11.3 Å². The zero-order chi connectivity index (χ0) is 16.4. The molecule has 0 aliphatic carbocycles. The van der Waals surface area contributed by atoms with E-state index in [1.54, 1.807) is 6.26 Å². The van der Waals surface area contributed by atoms with Crippen LogP contribution in [0.4, 0.5) is 0 Å². The number of nitrogens with zero attached hydrogens (tertiary/aromatic N) is 1. The third-order valence-electron chi connectivity index (χ3n) is 3.75. The lowest BCUT2D eigenvalue weighted by Gasteiger charge is -2.03. The molecule has 120 valence electrons. The molecule has 4 rings (SSSR count). The number of fused-ring (bicyclic) bond motifs is 1. The summed E-state index contributed by atoms with van der Waals surface area (Å²) in [6.45, 7) is 1.07. The molecule has 5 nitrogen and oxygen atoms in total. The van der Waals surface area contributed by atoms with E-state index in [4.69, 9.17) is 4.42 Å². The molecule has 4 aromatic rings. The zero-order valence-electron chi connectivity index (χ0n) is 12.8. The van der Waals surface area contributed by atoms with Crippen molar-refractivity contribution in [2.24, 2.45) is 0 Å². The van der Waals surface area contributed by atoms with Crippen LogP contribution in [0.3, 0.4) is 0 Å². The third-order valence-corrected chi connectivity index (χ3v) is 4.62. The maximum Gasteiger partial charge on any atom is 0.260 e. The van der Waals surface area contributed by atoms with E-state index in [1.807, 2.05) is 47.8 Å². The molecule has 0 unspecified atom stereocenters. The van der Waals surface area contributed by atoms with Crippen LogP contribution in [0.5, 0.6) is 0 Å². The van der Waals surface area contributed by atoms with Gasteiger partial charge in [0.05, 0.1) is 24.7 Å². The quantitative estimate of drug-likeness (QED) is 0.584. The first-order valence-corrected chi connectivity index (χ1v) is 8.48. The van der Waals surface area contributed by atoms with Gasteiger partial charge in [0.15, 0.2) is 0 Å². The Morgan fingerprint density at radius 3 is 2.79 bits per heavy atom. The van der Waals surface area contributed by atoms with E-state index in [2.05, 4.69) is 15.3 Å². The normalized spacial score (nSPS) is 11.2. The molecule has 0 atom stereocenters. The van der Waals surface area contributed by atoms with Gasteiger partial charge in [0.25, 0.3) is 5.56 Å². The number of furan rings is 1. The van der Waals surface area contributed by atoms with Crippen LogP contribution in [0.25, 0.3) is 21.3 Å². The Morgan fingerprint density at radius 2 is 2.00 bits per heavy atom. The van der Waals surface area contributed by atoms with E-state index in [0.29, 0.717) is 24.3 Å².